The van der Waals surface area contributed by atoms with Gasteiger partial charge in [0.05, 0.1) is 12.0 Å². The number of aryl methyl sites for hydroxylation is 1. The highest BCUT2D eigenvalue weighted by Gasteiger charge is 2.43. The number of ketones is 1. The number of benzene rings is 1. The number of carbonyl (C=O) groups is 1. The minimum atomic E-state index is -0.334. The van der Waals surface area contributed by atoms with Gasteiger partial charge < -0.3 is 4.74 Å². The largest absolute Gasteiger partial charge is 0.486 e. The second-order valence-electron chi connectivity index (χ2n) is 5.69. The van der Waals surface area contributed by atoms with E-state index in [0.29, 0.717) is 6.42 Å². The predicted molar refractivity (Wildman–Crippen MR) is 79.4 cm³/mol. The third-order valence-corrected chi connectivity index (χ3v) is 4.41. The van der Waals surface area contributed by atoms with Gasteiger partial charge in [-0.25, -0.2) is 0 Å². The molecular weight excluding hydrogens is 248 g/mol. The number of hydrogen-bond acceptors (Lipinski definition) is 2. The van der Waals surface area contributed by atoms with Crippen LogP contribution in [0.2, 0.25) is 0 Å². The Kier molecular flexibility index (Phi) is 3.25. The minimum Gasteiger partial charge on any atom is -0.486 e. The first-order chi connectivity index (χ1) is 9.67. The van der Waals surface area contributed by atoms with E-state index in [1.807, 2.05) is 26.0 Å². The van der Waals surface area contributed by atoms with Crippen LogP contribution < -0.4 is 0 Å². The van der Waals surface area contributed by atoms with Crippen molar-refractivity contribution in [2.75, 3.05) is 0 Å². The van der Waals surface area contributed by atoms with E-state index in [2.05, 4.69) is 24.3 Å². The van der Waals surface area contributed by atoms with Gasteiger partial charge in [-0.15, -0.1) is 0 Å². The first-order valence-corrected chi connectivity index (χ1v) is 7.29. The van der Waals surface area contributed by atoms with Gasteiger partial charge in [0.15, 0.2) is 5.78 Å². The summed E-state index contributed by atoms with van der Waals surface area (Å²) in [6.45, 7) is 3.83. The van der Waals surface area contributed by atoms with Crippen LogP contribution in [0.15, 0.2) is 47.7 Å². The van der Waals surface area contributed by atoms with E-state index < -0.39 is 0 Å². The van der Waals surface area contributed by atoms with Crippen molar-refractivity contribution in [3.05, 3.63) is 58.9 Å². The number of ether oxygens (including phenoxy) is 1. The first kappa shape index (κ1) is 13.2. The maximum atomic E-state index is 12.4. The molecule has 0 radical (unpaired) electrons. The minimum absolute atomic E-state index is 0.214. The average molecular weight is 268 g/mol. The summed E-state index contributed by atoms with van der Waals surface area (Å²) in [4.78, 5) is 12.4. The molecule has 0 N–H and O–H groups in total. The Hall–Kier alpha value is -1.83. The van der Waals surface area contributed by atoms with Crippen molar-refractivity contribution in [3.63, 3.8) is 0 Å². The van der Waals surface area contributed by atoms with Gasteiger partial charge in [-0.3, -0.25) is 4.79 Å². The van der Waals surface area contributed by atoms with Gasteiger partial charge >= 0.3 is 0 Å². The summed E-state index contributed by atoms with van der Waals surface area (Å²) in [5.74, 6) is 0.967. The summed E-state index contributed by atoms with van der Waals surface area (Å²) in [7, 11) is 0. The molecule has 0 saturated carbocycles. The number of hydrogen-bond donors (Lipinski definition) is 0. The highest BCUT2D eigenvalue weighted by molar-refractivity contribution is 6.00. The van der Waals surface area contributed by atoms with E-state index in [4.69, 9.17) is 4.74 Å². The molecule has 1 aromatic rings. The molecule has 1 atom stereocenters. The molecule has 0 amide bonds. The van der Waals surface area contributed by atoms with Gasteiger partial charge in [-0.2, -0.15) is 0 Å². The molecular formula is C18H20O2. The molecule has 3 rings (SSSR count). The molecule has 1 heterocycles. The highest BCUT2D eigenvalue weighted by Crippen LogP contribution is 2.41. The van der Waals surface area contributed by atoms with Crippen molar-refractivity contribution in [2.45, 2.75) is 45.1 Å². The quantitative estimate of drug-likeness (QED) is 0.670. The molecule has 1 fully saturated rings. The van der Waals surface area contributed by atoms with Crippen LogP contribution in [0.25, 0.3) is 0 Å². The fraction of sp³-hybridized carbons (Fsp3) is 0.389. The van der Waals surface area contributed by atoms with E-state index in [1.54, 1.807) is 0 Å². The zero-order valence-corrected chi connectivity index (χ0v) is 12.1. The first-order valence-electron chi connectivity index (χ1n) is 7.29. The van der Waals surface area contributed by atoms with Crippen molar-refractivity contribution in [1.29, 1.82) is 0 Å². The number of fused-ring (bicyclic) bond motifs is 1. The summed E-state index contributed by atoms with van der Waals surface area (Å²) in [5, 5.41) is 0. The maximum Gasteiger partial charge on any atom is 0.170 e. The number of rotatable bonds is 0. The van der Waals surface area contributed by atoms with Crippen LogP contribution in [-0.4, -0.2) is 11.4 Å². The Bertz CT molecular complexity index is 610. The molecule has 2 aliphatic rings. The van der Waals surface area contributed by atoms with E-state index in [-0.39, 0.29) is 11.4 Å². The van der Waals surface area contributed by atoms with Crippen molar-refractivity contribution >= 4 is 5.78 Å². The van der Waals surface area contributed by atoms with Gasteiger partial charge in [-0.05, 0) is 43.9 Å². The molecule has 1 aliphatic heterocycles. The van der Waals surface area contributed by atoms with Gasteiger partial charge in [-0.1, -0.05) is 30.3 Å². The van der Waals surface area contributed by atoms with Crippen molar-refractivity contribution in [1.82, 2.24) is 0 Å². The van der Waals surface area contributed by atoms with Gasteiger partial charge in [0.2, 0.25) is 0 Å². The lowest BCUT2D eigenvalue weighted by atomic mass is 9.75. The summed E-state index contributed by atoms with van der Waals surface area (Å²) < 4.78 is 6.27. The number of carbonyl (C=O) groups excluding carboxylic acids is 1. The molecule has 1 aromatic carbocycles. The molecule has 20 heavy (non-hydrogen) atoms. The van der Waals surface area contributed by atoms with Crippen LogP contribution >= 0.6 is 0 Å². The van der Waals surface area contributed by atoms with E-state index >= 15 is 0 Å². The van der Waals surface area contributed by atoms with E-state index in [9.17, 15) is 4.79 Å². The molecule has 1 aliphatic carbocycles. The molecule has 0 bridgehead atoms. The van der Waals surface area contributed by atoms with Gasteiger partial charge in [0, 0.05) is 6.42 Å². The molecule has 104 valence electrons. The van der Waals surface area contributed by atoms with Gasteiger partial charge in [0.1, 0.15) is 11.4 Å². The Morgan fingerprint density at radius 1 is 1.10 bits per heavy atom. The summed E-state index contributed by atoms with van der Waals surface area (Å²) in [6, 6.07) is 8.49. The van der Waals surface area contributed by atoms with Crippen LogP contribution in [-0.2, 0) is 22.4 Å². The van der Waals surface area contributed by atoms with Crippen molar-refractivity contribution in [3.8, 4) is 0 Å². The Morgan fingerprint density at radius 2 is 1.85 bits per heavy atom. The molecule has 0 aromatic heterocycles. The Morgan fingerprint density at radius 3 is 2.55 bits per heavy atom. The van der Waals surface area contributed by atoms with E-state index in [1.165, 1.54) is 11.1 Å². The number of allylic oxidation sites excluding steroid dienone is 3. The Balaban J connectivity index is 1.94. The smallest absolute Gasteiger partial charge is 0.170 e. The second kappa shape index (κ2) is 4.93. The fourth-order valence-corrected chi connectivity index (χ4v) is 3.38. The average Bonchev–Trinajstić information content (AvgIpc) is 2.46. The molecule has 1 saturated heterocycles. The molecule has 2 nitrogen and oxygen atoms in total. The third kappa shape index (κ3) is 2.09. The van der Waals surface area contributed by atoms with Crippen LogP contribution in [0.1, 0.15) is 37.8 Å². The zero-order valence-electron chi connectivity index (χ0n) is 12.1. The molecule has 1 unspecified atom stereocenters. The number of Topliss-reactive ketones (excluding diaryl/α,β-unsaturated/α-hetero) is 1. The SMILES string of the molecule is CC=C1OC2(CCc3ccccc3C2)CC(=O)C1=CC. The second-order valence-corrected chi connectivity index (χ2v) is 5.69. The summed E-state index contributed by atoms with van der Waals surface area (Å²) in [5.41, 5.74) is 3.12. The van der Waals surface area contributed by atoms with Crippen LogP contribution in [0, 0.1) is 0 Å². The Labute approximate surface area is 120 Å². The lowest BCUT2D eigenvalue weighted by Gasteiger charge is -2.42. The van der Waals surface area contributed by atoms with Crippen molar-refractivity contribution < 1.29 is 9.53 Å². The normalized spacial score (nSPS) is 29.6. The van der Waals surface area contributed by atoms with Crippen LogP contribution in [0.5, 0.6) is 0 Å². The zero-order chi connectivity index (χ0) is 14.2. The third-order valence-electron chi connectivity index (χ3n) is 4.41. The van der Waals surface area contributed by atoms with Crippen LogP contribution in [0.4, 0.5) is 0 Å². The maximum absolute atomic E-state index is 12.4. The standard InChI is InChI=1S/C18H20O2/c1-3-15-16(19)12-18(20-17(15)4-2)10-9-13-7-5-6-8-14(13)11-18/h3-8H,9-12H2,1-2H3. The molecule has 1 spiro atoms. The lowest BCUT2D eigenvalue weighted by molar-refractivity contribution is -0.126. The lowest BCUT2D eigenvalue weighted by Crippen LogP contribution is -2.44. The monoisotopic (exact) mass is 268 g/mol. The highest BCUT2D eigenvalue weighted by atomic mass is 16.5. The topological polar surface area (TPSA) is 26.3 Å². The van der Waals surface area contributed by atoms with Crippen molar-refractivity contribution in [2.24, 2.45) is 0 Å². The predicted octanol–water partition coefficient (Wildman–Crippen LogP) is 3.75. The van der Waals surface area contributed by atoms with E-state index in [0.717, 1.165) is 30.6 Å². The summed E-state index contributed by atoms with van der Waals surface area (Å²) in [6.07, 6.45) is 7.02. The summed E-state index contributed by atoms with van der Waals surface area (Å²) >= 11 is 0. The fourth-order valence-electron chi connectivity index (χ4n) is 3.38. The van der Waals surface area contributed by atoms with Crippen LogP contribution in [0.3, 0.4) is 0 Å². The van der Waals surface area contributed by atoms with Gasteiger partial charge in [0.25, 0.3) is 0 Å². The molecule has 2 heteroatoms.